The Bertz CT molecular complexity index is 492. The lowest BCUT2D eigenvalue weighted by molar-refractivity contribution is 0.398. The molecule has 0 fully saturated rings. The molecule has 0 saturated heterocycles. The molecule has 0 spiro atoms. The molecular weight excluding hydrogens is 202 g/mol. The molecule has 0 amide bonds. The summed E-state index contributed by atoms with van der Waals surface area (Å²) >= 11 is 0. The van der Waals surface area contributed by atoms with Crippen molar-refractivity contribution in [2.75, 3.05) is 7.11 Å². The number of nitrogens with zero attached hydrogens (tertiary/aromatic N) is 1. The van der Waals surface area contributed by atoms with E-state index in [4.69, 9.17) is 4.74 Å². The van der Waals surface area contributed by atoms with E-state index in [1.807, 2.05) is 25.1 Å². The van der Waals surface area contributed by atoms with Crippen molar-refractivity contribution in [2.24, 2.45) is 0 Å². The zero-order valence-electron chi connectivity index (χ0n) is 9.27. The molecule has 1 heterocycles. The second-order valence-electron chi connectivity index (χ2n) is 3.61. The van der Waals surface area contributed by atoms with Crippen molar-refractivity contribution in [3.8, 4) is 22.8 Å². The molecule has 2 aromatic rings. The van der Waals surface area contributed by atoms with Crippen molar-refractivity contribution in [2.45, 2.75) is 6.92 Å². The maximum absolute atomic E-state index is 9.76. The van der Waals surface area contributed by atoms with Gasteiger partial charge >= 0.3 is 0 Å². The van der Waals surface area contributed by atoms with Crippen molar-refractivity contribution in [1.82, 2.24) is 4.98 Å². The summed E-state index contributed by atoms with van der Waals surface area (Å²) in [6.07, 6.45) is 1.69. The smallest absolute Gasteiger partial charge is 0.212 e. The molecule has 0 radical (unpaired) electrons. The molecule has 0 aliphatic heterocycles. The summed E-state index contributed by atoms with van der Waals surface area (Å²) in [5.41, 5.74) is 2.76. The first-order valence-electron chi connectivity index (χ1n) is 5.01. The Balaban J connectivity index is 2.45. The number of ether oxygens (including phenoxy) is 1. The highest BCUT2D eigenvalue weighted by molar-refractivity contribution is 5.70. The van der Waals surface area contributed by atoms with Gasteiger partial charge in [0, 0.05) is 23.4 Å². The van der Waals surface area contributed by atoms with E-state index in [2.05, 4.69) is 4.98 Å². The Morgan fingerprint density at radius 2 is 2.00 bits per heavy atom. The first-order valence-corrected chi connectivity index (χ1v) is 5.01. The minimum absolute atomic E-state index is 0.262. The summed E-state index contributed by atoms with van der Waals surface area (Å²) in [6.45, 7) is 1.99. The Morgan fingerprint density at radius 1 is 1.19 bits per heavy atom. The molecule has 1 aromatic heterocycles. The molecule has 0 bridgehead atoms. The lowest BCUT2D eigenvalue weighted by Crippen LogP contribution is -1.87. The zero-order valence-corrected chi connectivity index (χ0v) is 9.27. The number of aromatic hydroxyl groups is 1. The van der Waals surface area contributed by atoms with Crippen LogP contribution in [0.15, 0.2) is 36.5 Å². The van der Waals surface area contributed by atoms with E-state index in [-0.39, 0.29) is 5.75 Å². The number of rotatable bonds is 2. The third kappa shape index (κ3) is 1.98. The highest BCUT2D eigenvalue weighted by Crippen LogP contribution is 2.29. The fraction of sp³-hybridized carbons (Fsp3) is 0.154. The minimum atomic E-state index is 0.262. The fourth-order valence-corrected chi connectivity index (χ4v) is 1.54. The first kappa shape index (κ1) is 10.5. The van der Waals surface area contributed by atoms with Gasteiger partial charge in [-0.25, -0.2) is 4.98 Å². The van der Waals surface area contributed by atoms with Crippen molar-refractivity contribution in [3.63, 3.8) is 0 Å². The van der Waals surface area contributed by atoms with Gasteiger partial charge in [-0.2, -0.15) is 0 Å². The molecule has 0 aliphatic rings. The van der Waals surface area contributed by atoms with Crippen LogP contribution in [0.1, 0.15) is 5.56 Å². The quantitative estimate of drug-likeness (QED) is 0.837. The Hall–Kier alpha value is -2.03. The molecule has 1 aromatic carbocycles. The number of phenolic OH excluding ortho intramolecular Hbond substituents is 1. The molecule has 3 heteroatoms. The third-order valence-electron chi connectivity index (χ3n) is 2.41. The molecule has 1 N–H and O–H groups in total. The third-order valence-corrected chi connectivity index (χ3v) is 2.41. The monoisotopic (exact) mass is 215 g/mol. The average molecular weight is 215 g/mol. The van der Waals surface area contributed by atoms with Gasteiger partial charge in [0.2, 0.25) is 5.88 Å². The molecular formula is C13H13NO2. The van der Waals surface area contributed by atoms with Crippen LogP contribution in [0.2, 0.25) is 0 Å². The second kappa shape index (κ2) is 4.23. The van der Waals surface area contributed by atoms with Gasteiger partial charge in [0.15, 0.2) is 0 Å². The van der Waals surface area contributed by atoms with Crippen molar-refractivity contribution >= 4 is 0 Å². The summed E-state index contributed by atoms with van der Waals surface area (Å²) in [6, 6.07) is 9.14. The predicted octanol–water partition coefficient (Wildman–Crippen LogP) is 2.77. The zero-order chi connectivity index (χ0) is 11.5. The summed E-state index contributed by atoms with van der Waals surface area (Å²) in [4.78, 5) is 4.11. The van der Waals surface area contributed by atoms with Crippen LogP contribution >= 0.6 is 0 Å². The van der Waals surface area contributed by atoms with Gasteiger partial charge in [-0.15, -0.1) is 0 Å². The molecule has 82 valence electrons. The number of pyridine rings is 1. The molecule has 3 nitrogen and oxygen atoms in total. The number of benzene rings is 1. The number of aryl methyl sites for hydroxylation is 1. The lowest BCUT2D eigenvalue weighted by Gasteiger charge is -2.06. The van der Waals surface area contributed by atoms with E-state index in [0.29, 0.717) is 5.88 Å². The standard InChI is InChI=1S/C13H13NO2/c1-9-3-5-12(15)11(7-9)10-4-6-13(16-2)14-8-10/h3-8,15H,1-2H3. The second-order valence-corrected chi connectivity index (χ2v) is 3.61. The van der Waals surface area contributed by atoms with Crippen LogP contribution in [0, 0.1) is 6.92 Å². The van der Waals surface area contributed by atoms with Crippen molar-refractivity contribution in [3.05, 3.63) is 42.1 Å². The van der Waals surface area contributed by atoms with Crippen LogP contribution in [0.3, 0.4) is 0 Å². The number of methoxy groups -OCH3 is 1. The van der Waals surface area contributed by atoms with E-state index in [1.54, 1.807) is 25.4 Å². The number of aromatic nitrogens is 1. The summed E-state index contributed by atoms with van der Waals surface area (Å²) < 4.78 is 4.99. The van der Waals surface area contributed by atoms with Crippen LogP contribution in [-0.4, -0.2) is 17.2 Å². The van der Waals surface area contributed by atoms with E-state index >= 15 is 0 Å². The van der Waals surface area contributed by atoms with Crippen molar-refractivity contribution in [1.29, 1.82) is 0 Å². The summed E-state index contributed by atoms with van der Waals surface area (Å²) in [5.74, 6) is 0.827. The largest absolute Gasteiger partial charge is 0.507 e. The summed E-state index contributed by atoms with van der Waals surface area (Å²) in [7, 11) is 1.58. The van der Waals surface area contributed by atoms with Gasteiger partial charge in [-0.1, -0.05) is 11.6 Å². The Kier molecular flexibility index (Phi) is 2.77. The molecule has 2 rings (SSSR count). The SMILES string of the molecule is COc1ccc(-c2cc(C)ccc2O)cn1. The van der Waals surface area contributed by atoms with Gasteiger partial charge in [0.25, 0.3) is 0 Å². The molecule has 0 aliphatic carbocycles. The number of hydrogen-bond acceptors (Lipinski definition) is 3. The van der Waals surface area contributed by atoms with Crippen molar-refractivity contribution < 1.29 is 9.84 Å². The van der Waals surface area contributed by atoms with E-state index in [1.165, 1.54) is 0 Å². The molecule has 0 saturated carbocycles. The van der Waals surface area contributed by atoms with Gasteiger partial charge in [-0.05, 0) is 25.1 Å². The Morgan fingerprint density at radius 3 is 2.62 bits per heavy atom. The van der Waals surface area contributed by atoms with Crippen LogP contribution in [0.4, 0.5) is 0 Å². The maximum Gasteiger partial charge on any atom is 0.212 e. The molecule has 0 atom stereocenters. The normalized spacial score (nSPS) is 10.1. The van der Waals surface area contributed by atoms with Gasteiger partial charge < -0.3 is 9.84 Å². The van der Waals surface area contributed by atoms with Gasteiger partial charge in [-0.3, -0.25) is 0 Å². The number of hydrogen-bond donors (Lipinski definition) is 1. The predicted molar refractivity (Wildman–Crippen MR) is 62.6 cm³/mol. The van der Waals surface area contributed by atoms with E-state index < -0.39 is 0 Å². The Labute approximate surface area is 94.3 Å². The van der Waals surface area contributed by atoms with E-state index in [0.717, 1.165) is 16.7 Å². The van der Waals surface area contributed by atoms with Crippen LogP contribution in [0.25, 0.3) is 11.1 Å². The highest BCUT2D eigenvalue weighted by Gasteiger charge is 2.05. The molecule has 16 heavy (non-hydrogen) atoms. The topological polar surface area (TPSA) is 42.4 Å². The minimum Gasteiger partial charge on any atom is -0.507 e. The fourth-order valence-electron chi connectivity index (χ4n) is 1.54. The van der Waals surface area contributed by atoms with Crippen LogP contribution in [0.5, 0.6) is 11.6 Å². The maximum atomic E-state index is 9.76. The van der Waals surface area contributed by atoms with Gasteiger partial charge in [0.05, 0.1) is 7.11 Å². The van der Waals surface area contributed by atoms with Gasteiger partial charge in [0.1, 0.15) is 5.75 Å². The van der Waals surface area contributed by atoms with E-state index in [9.17, 15) is 5.11 Å². The average Bonchev–Trinajstić information content (AvgIpc) is 2.32. The van der Waals surface area contributed by atoms with Crippen LogP contribution < -0.4 is 4.74 Å². The first-order chi connectivity index (χ1) is 7.70. The number of phenols is 1. The summed E-state index contributed by atoms with van der Waals surface area (Å²) in [5, 5.41) is 9.76. The molecule has 0 unspecified atom stereocenters. The highest BCUT2D eigenvalue weighted by atomic mass is 16.5. The van der Waals surface area contributed by atoms with Crippen LogP contribution in [-0.2, 0) is 0 Å². The lowest BCUT2D eigenvalue weighted by atomic mass is 10.0.